The molecule has 0 N–H and O–H groups in total. The normalized spacial score (nSPS) is 18.3. The van der Waals surface area contributed by atoms with Crippen LogP contribution < -0.4 is 0 Å². The van der Waals surface area contributed by atoms with Gasteiger partial charge in [0.15, 0.2) is 0 Å². The molecular formula is C12H11N3O3. The number of fused-ring (bicyclic) bond motifs is 3. The minimum absolute atomic E-state index is 0.0729. The summed E-state index contributed by atoms with van der Waals surface area (Å²) in [6.45, 7) is 0.495. The number of hydrogen-bond acceptors (Lipinski definition) is 5. The fraction of sp³-hybridized carbons (Fsp3) is 0.250. The number of imidazole rings is 1. The largest absolute Gasteiger partial charge is 0.453 e. The number of esters is 1. The molecule has 1 aliphatic heterocycles. The standard InChI is InChI=1S/C12H11N3O3/c1-17-12-14-11-13-8-4-2-3-5-9(8)15(11)7-6-10(16)18-12/h2-5H,6-7H2,1H3/b14-12-. The van der Waals surface area contributed by atoms with Gasteiger partial charge >= 0.3 is 12.1 Å². The van der Waals surface area contributed by atoms with Gasteiger partial charge in [0.2, 0.25) is 5.95 Å². The summed E-state index contributed by atoms with van der Waals surface area (Å²) in [5.74, 6) is 0.125. The summed E-state index contributed by atoms with van der Waals surface area (Å²) in [7, 11) is 1.40. The van der Waals surface area contributed by atoms with Crippen molar-refractivity contribution in [2.75, 3.05) is 7.11 Å². The molecule has 6 heteroatoms. The second kappa shape index (κ2) is 4.14. The van der Waals surface area contributed by atoms with Crippen molar-refractivity contribution in [2.45, 2.75) is 13.0 Å². The van der Waals surface area contributed by atoms with Crippen molar-refractivity contribution in [3.05, 3.63) is 24.3 Å². The number of carbonyl (C=O) groups excluding carboxylic acids is 1. The summed E-state index contributed by atoms with van der Waals surface area (Å²) in [6.07, 6.45) is 0.187. The molecule has 6 nitrogen and oxygen atoms in total. The molecule has 92 valence electrons. The van der Waals surface area contributed by atoms with Crippen LogP contribution in [0.1, 0.15) is 6.42 Å². The first-order valence-corrected chi connectivity index (χ1v) is 5.56. The van der Waals surface area contributed by atoms with Gasteiger partial charge in [-0.15, -0.1) is 4.99 Å². The molecule has 2 aromatic rings. The van der Waals surface area contributed by atoms with E-state index in [-0.39, 0.29) is 18.5 Å². The van der Waals surface area contributed by atoms with Crippen LogP contribution >= 0.6 is 0 Å². The molecule has 0 saturated carbocycles. The van der Waals surface area contributed by atoms with Crippen molar-refractivity contribution in [1.29, 1.82) is 0 Å². The lowest BCUT2D eigenvalue weighted by Gasteiger charge is -2.11. The molecule has 0 radical (unpaired) electrons. The van der Waals surface area contributed by atoms with E-state index in [1.807, 2.05) is 28.8 Å². The predicted octanol–water partition coefficient (Wildman–Crippen LogP) is 1.62. The van der Waals surface area contributed by atoms with Crippen LogP contribution in [0.15, 0.2) is 29.3 Å². The van der Waals surface area contributed by atoms with E-state index in [1.54, 1.807) is 0 Å². The number of methoxy groups -OCH3 is 1. The van der Waals surface area contributed by atoms with E-state index in [2.05, 4.69) is 9.98 Å². The average Bonchev–Trinajstić information content (AvgIpc) is 2.70. The van der Waals surface area contributed by atoms with Gasteiger partial charge in [-0.05, 0) is 12.1 Å². The van der Waals surface area contributed by atoms with Gasteiger partial charge in [-0.2, -0.15) is 0 Å². The molecular weight excluding hydrogens is 234 g/mol. The van der Waals surface area contributed by atoms with Crippen molar-refractivity contribution in [3.8, 4) is 0 Å². The number of rotatable bonds is 0. The summed E-state index contributed by atoms with van der Waals surface area (Å²) in [4.78, 5) is 19.9. The van der Waals surface area contributed by atoms with Gasteiger partial charge in [0, 0.05) is 6.54 Å². The Morgan fingerprint density at radius 3 is 3.06 bits per heavy atom. The van der Waals surface area contributed by atoms with Gasteiger partial charge in [-0.1, -0.05) is 12.1 Å². The molecule has 1 aromatic carbocycles. The molecule has 1 aromatic heterocycles. The Morgan fingerprint density at radius 1 is 1.39 bits per heavy atom. The highest BCUT2D eigenvalue weighted by atomic mass is 16.7. The topological polar surface area (TPSA) is 65.7 Å². The van der Waals surface area contributed by atoms with E-state index >= 15 is 0 Å². The molecule has 0 bridgehead atoms. The van der Waals surface area contributed by atoms with Crippen LogP contribution in [0, 0.1) is 0 Å². The number of cyclic esters (lactones) is 1. The number of aromatic nitrogens is 2. The summed E-state index contributed by atoms with van der Waals surface area (Å²) < 4.78 is 11.7. The van der Waals surface area contributed by atoms with Crippen molar-refractivity contribution in [1.82, 2.24) is 9.55 Å². The summed E-state index contributed by atoms with van der Waals surface area (Å²) in [5.41, 5.74) is 1.78. The van der Waals surface area contributed by atoms with Crippen molar-refractivity contribution in [3.63, 3.8) is 0 Å². The Kier molecular flexibility index (Phi) is 2.47. The maximum atomic E-state index is 11.5. The van der Waals surface area contributed by atoms with Crippen LogP contribution in [0.4, 0.5) is 5.95 Å². The minimum Gasteiger partial charge on any atom is -0.453 e. The zero-order chi connectivity index (χ0) is 12.5. The van der Waals surface area contributed by atoms with Gasteiger partial charge in [0.25, 0.3) is 0 Å². The third kappa shape index (κ3) is 1.71. The number of benzene rings is 1. The number of hydrogen-bond donors (Lipinski definition) is 0. The summed E-state index contributed by atoms with van der Waals surface area (Å²) in [5, 5.41) is 0. The van der Waals surface area contributed by atoms with Gasteiger partial charge in [-0.3, -0.25) is 4.79 Å². The Hall–Kier alpha value is -2.37. The highest BCUT2D eigenvalue weighted by Crippen LogP contribution is 2.23. The molecule has 0 spiro atoms. The number of ether oxygens (including phenoxy) is 2. The molecule has 0 saturated heterocycles. The Bertz CT molecular complexity index is 645. The van der Waals surface area contributed by atoms with E-state index in [0.717, 1.165) is 11.0 Å². The minimum atomic E-state index is -0.362. The van der Waals surface area contributed by atoms with Crippen LogP contribution in [0.25, 0.3) is 11.0 Å². The van der Waals surface area contributed by atoms with E-state index in [1.165, 1.54) is 7.11 Å². The zero-order valence-corrected chi connectivity index (χ0v) is 9.79. The van der Waals surface area contributed by atoms with Gasteiger partial charge in [0.1, 0.15) is 0 Å². The highest BCUT2D eigenvalue weighted by molar-refractivity contribution is 5.87. The maximum absolute atomic E-state index is 11.5. The quantitative estimate of drug-likeness (QED) is 0.661. The molecule has 2 heterocycles. The average molecular weight is 245 g/mol. The molecule has 0 amide bonds. The number of nitrogens with zero attached hydrogens (tertiary/aromatic N) is 3. The van der Waals surface area contributed by atoms with Crippen LogP contribution in [-0.4, -0.2) is 28.7 Å². The number of aryl methyl sites for hydroxylation is 1. The van der Waals surface area contributed by atoms with E-state index < -0.39 is 0 Å². The Morgan fingerprint density at radius 2 is 2.22 bits per heavy atom. The second-order valence-electron chi connectivity index (χ2n) is 3.86. The van der Waals surface area contributed by atoms with E-state index in [0.29, 0.717) is 12.5 Å². The highest BCUT2D eigenvalue weighted by Gasteiger charge is 2.18. The third-order valence-corrected chi connectivity index (χ3v) is 2.74. The molecule has 0 aliphatic carbocycles. The number of para-hydroxylation sites is 2. The van der Waals surface area contributed by atoms with Crippen LogP contribution in [0.2, 0.25) is 0 Å². The van der Waals surface area contributed by atoms with Crippen LogP contribution in [0.5, 0.6) is 0 Å². The lowest BCUT2D eigenvalue weighted by Crippen LogP contribution is -2.18. The lowest BCUT2D eigenvalue weighted by molar-refractivity contribution is -0.137. The van der Waals surface area contributed by atoms with E-state index in [4.69, 9.17) is 9.47 Å². The fourth-order valence-corrected chi connectivity index (χ4v) is 1.91. The molecule has 0 unspecified atom stereocenters. The maximum Gasteiger partial charge on any atom is 0.399 e. The summed E-state index contributed by atoms with van der Waals surface area (Å²) in [6, 6.07) is 7.68. The lowest BCUT2D eigenvalue weighted by atomic mass is 10.3. The molecule has 0 fully saturated rings. The first kappa shape index (κ1) is 10.8. The Balaban J connectivity index is 2.20. The molecule has 0 atom stereocenters. The molecule has 3 rings (SSSR count). The Labute approximate surface area is 103 Å². The van der Waals surface area contributed by atoms with Crippen molar-refractivity contribution < 1.29 is 14.3 Å². The van der Waals surface area contributed by atoms with Gasteiger partial charge in [-0.25, -0.2) is 4.98 Å². The zero-order valence-electron chi connectivity index (χ0n) is 9.79. The number of carbonyl (C=O) groups is 1. The first-order valence-electron chi connectivity index (χ1n) is 5.56. The monoisotopic (exact) mass is 245 g/mol. The predicted molar refractivity (Wildman–Crippen MR) is 64.5 cm³/mol. The van der Waals surface area contributed by atoms with Crippen LogP contribution in [-0.2, 0) is 20.8 Å². The first-order chi connectivity index (χ1) is 8.78. The van der Waals surface area contributed by atoms with Crippen LogP contribution in [0.3, 0.4) is 0 Å². The summed E-state index contributed by atoms with van der Waals surface area (Å²) >= 11 is 0. The molecule has 1 aliphatic rings. The second-order valence-corrected chi connectivity index (χ2v) is 3.86. The fourth-order valence-electron chi connectivity index (χ4n) is 1.91. The smallest absolute Gasteiger partial charge is 0.399 e. The van der Waals surface area contributed by atoms with Crippen molar-refractivity contribution >= 4 is 29.0 Å². The van der Waals surface area contributed by atoms with Crippen molar-refractivity contribution in [2.24, 2.45) is 4.99 Å². The van der Waals surface area contributed by atoms with Gasteiger partial charge in [0.05, 0.1) is 24.6 Å². The third-order valence-electron chi connectivity index (χ3n) is 2.74. The molecule has 18 heavy (non-hydrogen) atoms. The van der Waals surface area contributed by atoms with E-state index in [9.17, 15) is 4.79 Å². The SMILES string of the molecule is CO/C1=N/c2nc3ccccc3n2CCC(=O)O1. The van der Waals surface area contributed by atoms with Gasteiger partial charge < -0.3 is 14.0 Å². The number of aliphatic imine (C=N–C) groups is 1.